The van der Waals surface area contributed by atoms with Crippen LogP contribution in [0.2, 0.25) is 0 Å². The third kappa shape index (κ3) is 8.53. The third-order valence-corrected chi connectivity index (χ3v) is 19.5. The van der Waals surface area contributed by atoms with E-state index in [1.54, 1.807) is 0 Å². The van der Waals surface area contributed by atoms with Crippen LogP contribution in [0.1, 0.15) is 0 Å². The zero-order valence-electron chi connectivity index (χ0n) is 49.3. The van der Waals surface area contributed by atoms with E-state index >= 15 is 0 Å². The summed E-state index contributed by atoms with van der Waals surface area (Å²) in [6.07, 6.45) is 3.78. The third-order valence-electron chi connectivity index (χ3n) is 18.2. The highest BCUT2D eigenvalue weighted by Gasteiger charge is 2.50. The van der Waals surface area contributed by atoms with Crippen LogP contribution in [0.3, 0.4) is 0 Å². The van der Waals surface area contributed by atoms with Crippen molar-refractivity contribution in [2.75, 3.05) is 29.4 Å². The first-order valence-corrected chi connectivity index (χ1v) is 31.8. The summed E-state index contributed by atoms with van der Waals surface area (Å²) in [5.41, 5.74) is 24.6. The number of anilines is 18. The maximum Gasteiger partial charge on any atom is 0.264 e. The van der Waals surface area contributed by atoms with Gasteiger partial charge in [-0.05, 0) is 172 Å². The summed E-state index contributed by atoms with van der Waals surface area (Å²) in [5, 5.41) is 0. The molecule has 0 aliphatic carbocycles. The van der Waals surface area contributed by atoms with E-state index in [0.717, 1.165) is 96.9 Å². The Morgan fingerprint density at radius 1 is 0.275 bits per heavy atom. The molecule has 91 heavy (non-hydrogen) atoms. The van der Waals surface area contributed by atoms with Crippen LogP contribution in [0, 0.1) is 0 Å². The Morgan fingerprint density at radius 3 is 1.10 bits per heavy atom. The van der Waals surface area contributed by atoms with Crippen molar-refractivity contribution in [2.45, 2.75) is 0 Å². The van der Waals surface area contributed by atoms with Crippen molar-refractivity contribution in [2.24, 2.45) is 0 Å². The maximum atomic E-state index is 5.10. The average molecular weight is 1180 g/mol. The Morgan fingerprint density at radius 2 is 0.648 bits per heavy atom. The molecule has 7 heterocycles. The molecule has 4 aliphatic rings. The van der Waals surface area contributed by atoms with E-state index < -0.39 is 0 Å². The molecule has 0 radical (unpaired) electrons. The highest BCUT2D eigenvalue weighted by Crippen LogP contribution is 2.53. The number of aromatic nitrogens is 2. The highest BCUT2D eigenvalue weighted by atomic mass is 32.1. The van der Waals surface area contributed by atoms with Crippen LogP contribution in [0.25, 0.3) is 10.4 Å². The molecule has 3 aromatic heterocycles. The van der Waals surface area contributed by atoms with Crippen LogP contribution in [-0.2, 0) is 0 Å². The SMILES string of the molecule is c1ccc(-c2cc3c(s2)B2c4cc5c(cc4N(c4ccccc4)c4cc(N(c6ccccc6)c6ccccn6)cc(c42)N3c2ccccc2)N(c2ccccc2)c2cc(N(c3ccccc3)c3ccccn3)cc3c2B5c2ccccc2N3c2ccccc2)cc1. The van der Waals surface area contributed by atoms with Crippen molar-refractivity contribution in [3.8, 4) is 10.4 Å². The van der Waals surface area contributed by atoms with Crippen LogP contribution in [0.15, 0.2) is 328 Å². The largest absolute Gasteiger partial charge is 0.311 e. The Hall–Kier alpha value is -11.7. The minimum atomic E-state index is -0.192. The summed E-state index contributed by atoms with van der Waals surface area (Å²) in [4.78, 5) is 26.1. The zero-order chi connectivity index (χ0) is 59.9. The van der Waals surface area contributed by atoms with E-state index in [1.807, 2.05) is 35.9 Å². The molecular weight excluding hydrogens is 1130 g/mol. The minimum absolute atomic E-state index is 0.186. The van der Waals surface area contributed by atoms with Gasteiger partial charge in [0, 0.05) is 96.0 Å². The lowest BCUT2D eigenvalue weighted by Gasteiger charge is -2.47. The molecule has 0 bridgehead atoms. The number of para-hydroxylation sites is 7. The Bertz CT molecular complexity index is 4960. The first kappa shape index (κ1) is 52.5. The van der Waals surface area contributed by atoms with Gasteiger partial charge in [0.05, 0.1) is 17.1 Å². The van der Waals surface area contributed by atoms with Crippen molar-refractivity contribution >= 4 is 159 Å². The van der Waals surface area contributed by atoms with Gasteiger partial charge in [0.1, 0.15) is 11.6 Å². The van der Waals surface area contributed by atoms with Gasteiger partial charge >= 0.3 is 0 Å². The van der Waals surface area contributed by atoms with Gasteiger partial charge in [-0.1, -0.05) is 176 Å². The molecular formula is C80H54B2N8S. The van der Waals surface area contributed by atoms with E-state index in [0.29, 0.717) is 0 Å². The van der Waals surface area contributed by atoms with Gasteiger partial charge in [-0.2, -0.15) is 0 Å². The zero-order valence-corrected chi connectivity index (χ0v) is 50.1. The number of pyridine rings is 2. The predicted octanol–water partition coefficient (Wildman–Crippen LogP) is 17.3. The van der Waals surface area contributed by atoms with Crippen molar-refractivity contribution in [1.29, 1.82) is 0 Å². The predicted molar refractivity (Wildman–Crippen MR) is 383 cm³/mol. The standard InChI is InChI=1S/C80H54B2N8S/c1-8-28-55(29-9-1)75-54-74-80(91-75)82-66-52-65-68(53-69(66)89(60-38-18-6-19-39-60)72-50-63(51-73(79(72)82)90(74)61-40-20-7-21-41-61)86(57-32-12-3-13-33-57)77-45-25-27-47-84-77)88(59-36-16-5-17-37-59)71-49-62(85(56-30-10-2-11-31-56)76-44-24-26-46-83-76)48-70-78(71)81(65)64-42-22-23-43-67(64)87(70)58-34-14-4-15-35-58/h1-54H. The van der Waals surface area contributed by atoms with Gasteiger partial charge < -0.3 is 19.6 Å². The lowest BCUT2D eigenvalue weighted by molar-refractivity contribution is 1.17. The number of hydrogen-bond acceptors (Lipinski definition) is 9. The highest BCUT2D eigenvalue weighted by molar-refractivity contribution is 7.31. The van der Waals surface area contributed by atoms with Crippen molar-refractivity contribution < 1.29 is 0 Å². The van der Waals surface area contributed by atoms with Gasteiger partial charge in [-0.25, -0.2) is 9.97 Å². The molecule has 8 nitrogen and oxygen atoms in total. The number of hydrogen-bond donors (Lipinski definition) is 0. The first-order valence-electron chi connectivity index (χ1n) is 30.9. The van der Waals surface area contributed by atoms with Gasteiger partial charge in [-0.15, -0.1) is 11.3 Å². The molecule has 0 unspecified atom stereocenters. The fraction of sp³-hybridized carbons (Fsp3) is 0. The number of thiophene rings is 1. The Labute approximate surface area is 533 Å². The molecule has 0 amide bonds. The summed E-state index contributed by atoms with van der Waals surface area (Å²) in [6, 6.07) is 115. The van der Waals surface area contributed by atoms with Crippen LogP contribution in [0.5, 0.6) is 0 Å². The Balaban J connectivity index is 0.972. The molecule has 0 fully saturated rings. The van der Waals surface area contributed by atoms with Crippen LogP contribution in [-0.4, -0.2) is 23.4 Å². The van der Waals surface area contributed by atoms with Crippen molar-refractivity contribution in [3.05, 3.63) is 328 Å². The van der Waals surface area contributed by atoms with Gasteiger partial charge in [0.2, 0.25) is 0 Å². The molecule has 11 aromatic carbocycles. The van der Waals surface area contributed by atoms with Crippen molar-refractivity contribution in [3.63, 3.8) is 0 Å². The summed E-state index contributed by atoms with van der Waals surface area (Å²) in [6.45, 7) is -0.378. The lowest BCUT2D eigenvalue weighted by atomic mass is 9.31. The van der Waals surface area contributed by atoms with Crippen molar-refractivity contribution in [1.82, 2.24) is 9.97 Å². The van der Waals surface area contributed by atoms with Crippen LogP contribution >= 0.6 is 11.3 Å². The van der Waals surface area contributed by atoms with Crippen LogP contribution in [0.4, 0.5) is 103 Å². The summed E-state index contributed by atoms with van der Waals surface area (Å²) < 4.78 is 1.29. The summed E-state index contributed by atoms with van der Waals surface area (Å²) >= 11 is 1.91. The molecule has 0 saturated carbocycles. The second kappa shape index (κ2) is 21.6. The summed E-state index contributed by atoms with van der Waals surface area (Å²) in [7, 11) is 0. The van der Waals surface area contributed by atoms with E-state index in [-0.39, 0.29) is 13.4 Å². The molecule has 0 saturated heterocycles. The number of fused-ring (bicyclic) bond motifs is 8. The monoisotopic (exact) mass is 1180 g/mol. The molecule has 426 valence electrons. The number of benzene rings is 11. The van der Waals surface area contributed by atoms with Gasteiger partial charge in [-0.3, -0.25) is 9.80 Å². The second-order valence-electron chi connectivity index (χ2n) is 23.3. The topological polar surface area (TPSA) is 45.2 Å². The fourth-order valence-electron chi connectivity index (χ4n) is 14.5. The minimum Gasteiger partial charge on any atom is -0.311 e. The second-order valence-corrected chi connectivity index (χ2v) is 24.4. The normalized spacial score (nSPS) is 12.9. The average Bonchev–Trinajstić information content (AvgIpc) is 1.45. The van der Waals surface area contributed by atoms with Gasteiger partial charge in [0.25, 0.3) is 13.4 Å². The van der Waals surface area contributed by atoms with E-state index in [4.69, 9.17) is 9.97 Å². The van der Waals surface area contributed by atoms with Crippen LogP contribution < -0.4 is 61.5 Å². The number of nitrogens with zero attached hydrogens (tertiary/aromatic N) is 8. The smallest absolute Gasteiger partial charge is 0.264 e. The number of rotatable bonds is 11. The fourth-order valence-corrected chi connectivity index (χ4v) is 15.8. The maximum absolute atomic E-state index is 5.10. The quantitative estimate of drug-likeness (QED) is 0.119. The first-order chi connectivity index (χ1) is 45.2. The Kier molecular flexibility index (Phi) is 12.4. The molecule has 11 heteroatoms. The summed E-state index contributed by atoms with van der Waals surface area (Å²) in [5.74, 6) is 1.64. The van der Waals surface area contributed by atoms with E-state index in [2.05, 4.69) is 333 Å². The molecule has 0 N–H and O–H groups in total. The van der Waals surface area contributed by atoms with E-state index in [9.17, 15) is 0 Å². The molecule has 0 atom stereocenters. The molecule has 14 aromatic rings. The van der Waals surface area contributed by atoms with Gasteiger partial charge in [0.15, 0.2) is 0 Å². The molecule has 0 spiro atoms. The molecule has 18 rings (SSSR count). The lowest BCUT2D eigenvalue weighted by Crippen LogP contribution is -2.65. The van der Waals surface area contributed by atoms with E-state index in [1.165, 1.54) is 48.2 Å². The molecule has 4 aliphatic heterocycles.